The van der Waals surface area contributed by atoms with Crippen LogP contribution in [0.4, 0.5) is 4.39 Å². The zero-order valence-corrected chi connectivity index (χ0v) is 23.3. The minimum Gasteiger partial charge on any atom is -0.481 e. The van der Waals surface area contributed by atoms with Crippen LogP contribution in [0, 0.1) is 17.2 Å². The smallest absolute Gasteiger partial charge is 0.310 e. The Morgan fingerprint density at radius 1 is 0.975 bits per heavy atom. The predicted octanol–water partition coefficient (Wildman–Crippen LogP) is 6.09. The SMILES string of the molecule is O=C(O)C1(CN2C[C@H](CN3[C@@H]4CC[C@H]3C[C@H](n3cnc5ccccc53)C4)[C@@H](c3cccc(F)c3)C2)CCCCC1. The molecule has 4 heterocycles. The van der Waals surface area contributed by atoms with Gasteiger partial charge in [0.05, 0.1) is 22.8 Å². The molecular weight excluding hydrogens is 503 g/mol. The number of halogens is 1. The molecule has 2 bridgehead atoms. The highest BCUT2D eigenvalue weighted by Crippen LogP contribution is 2.45. The van der Waals surface area contributed by atoms with Crippen LogP contribution in [-0.2, 0) is 4.79 Å². The van der Waals surface area contributed by atoms with E-state index in [1.54, 1.807) is 6.07 Å². The van der Waals surface area contributed by atoms with Gasteiger partial charge in [0.2, 0.25) is 0 Å². The Labute approximate surface area is 236 Å². The molecule has 1 aliphatic carbocycles. The molecular formula is C33H41FN4O2. The highest BCUT2D eigenvalue weighted by Gasteiger charge is 2.47. The van der Waals surface area contributed by atoms with Crippen molar-refractivity contribution in [2.45, 2.75) is 81.8 Å². The van der Waals surface area contributed by atoms with Gasteiger partial charge < -0.3 is 14.6 Å². The van der Waals surface area contributed by atoms with Gasteiger partial charge in [-0.1, -0.05) is 43.5 Å². The maximum atomic E-state index is 14.4. The number of aliphatic carboxylic acids is 1. The number of rotatable bonds is 7. The molecule has 4 fully saturated rings. The Kier molecular flexibility index (Phi) is 6.91. The Bertz CT molecular complexity index is 1350. The lowest BCUT2D eigenvalue weighted by Gasteiger charge is -2.41. The first-order valence-electron chi connectivity index (χ1n) is 15.4. The third-order valence-corrected chi connectivity index (χ3v) is 10.8. The summed E-state index contributed by atoms with van der Waals surface area (Å²) in [6.45, 7) is 3.33. The number of likely N-dealkylation sites (tertiary alicyclic amines) is 1. The summed E-state index contributed by atoms with van der Waals surface area (Å²) in [5, 5.41) is 10.3. The average Bonchev–Trinajstić information content (AvgIpc) is 3.63. The molecule has 3 aliphatic heterocycles. The van der Waals surface area contributed by atoms with Crippen LogP contribution in [0.25, 0.3) is 11.0 Å². The minimum absolute atomic E-state index is 0.183. The first-order valence-corrected chi connectivity index (χ1v) is 15.4. The van der Waals surface area contributed by atoms with Crippen LogP contribution >= 0.6 is 0 Å². The Balaban J connectivity index is 1.10. The van der Waals surface area contributed by atoms with Gasteiger partial charge in [0.25, 0.3) is 0 Å². The number of carbonyl (C=O) groups is 1. The predicted molar refractivity (Wildman–Crippen MR) is 154 cm³/mol. The summed E-state index contributed by atoms with van der Waals surface area (Å²) in [5.41, 5.74) is 2.73. The van der Waals surface area contributed by atoms with Crippen molar-refractivity contribution in [1.29, 1.82) is 0 Å². The van der Waals surface area contributed by atoms with Crippen molar-refractivity contribution in [3.63, 3.8) is 0 Å². The lowest BCUT2D eigenvalue weighted by molar-refractivity contribution is -0.152. The fourth-order valence-electron chi connectivity index (χ4n) is 8.80. The first kappa shape index (κ1) is 26.1. The molecule has 40 heavy (non-hydrogen) atoms. The maximum absolute atomic E-state index is 14.4. The summed E-state index contributed by atoms with van der Waals surface area (Å²) in [4.78, 5) is 22.3. The standard InChI is InChI=1S/C33H41FN4O2/c34-25-8-6-7-23(15-25)29-20-36(21-33(32(39)40)13-4-1-5-14-33)18-24(29)19-37-26-11-12-27(37)17-28(16-26)38-22-35-30-9-2-3-10-31(30)38/h2-3,6-10,15,22,24,26-29H,1,4-5,11-14,16-21H2,(H,39,40)/t24-,26-,27+,28-,29-/m1/s1. The molecule has 0 amide bonds. The summed E-state index contributed by atoms with van der Waals surface area (Å²) in [6.07, 6.45) is 11.5. The molecule has 3 saturated heterocycles. The van der Waals surface area contributed by atoms with Gasteiger partial charge in [-0.15, -0.1) is 0 Å². The Morgan fingerprint density at radius 3 is 2.50 bits per heavy atom. The lowest BCUT2D eigenvalue weighted by Crippen LogP contribution is -2.47. The third kappa shape index (κ3) is 4.75. The number of carboxylic acid groups (broad SMARTS) is 1. The van der Waals surface area contributed by atoms with E-state index in [1.165, 1.54) is 24.4 Å². The number of benzene rings is 2. The molecule has 3 aromatic rings. The van der Waals surface area contributed by atoms with E-state index in [0.717, 1.165) is 75.7 Å². The zero-order chi connectivity index (χ0) is 27.3. The number of piperidine rings is 1. The van der Waals surface area contributed by atoms with Gasteiger partial charge in [0.1, 0.15) is 5.82 Å². The molecule has 0 spiro atoms. The Hall–Kier alpha value is -2.77. The van der Waals surface area contributed by atoms with Crippen molar-refractivity contribution in [2.75, 3.05) is 26.2 Å². The van der Waals surface area contributed by atoms with Gasteiger partial charge in [0.15, 0.2) is 0 Å². The third-order valence-electron chi connectivity index (χ3n) is 10.8. The number of para-hydroxylation sites is 2. The van der Waals surface area contributed by atoms with Crippen molar-refractivity contribution < 1.29 is 14.3 Å². The largest absolute Gasteiger partial charge is 0.481 e. The van der Waals surface area contributed by atoms with Crippen molar-refractivity contribution in [2.24, 2.45) is 11.3 Å². The number of fused-ring (bicyclic) bond motifs is 3. The molecule has 1 saturated carbocycles. The molecule has 0 radical (unpaired) electrons. The molecule has 7 heteroatoms. The first-order chi connectivity index (χ1) is 19.5. The molecule has 7 rings (SSSR count). The van der Waals surface area contributed by atoms with Gasteiger partial charge in [-0.25, -0.2) is 9.37 Å². The zero-order valence-electron chi connectivity index (χ0n) is 23.3. The fraction of sp³-hybridized carbons (Fsp3) is 0.576. The molecule has 0 unspecified atom stereocenters. The van der Waals surface area contributed by atoms with Crippen LogP contribution in [0.1, 0.15) is 75.3 Å². The second kappa shape index (κ2) is 10.6. The van der Waals surface area contributed by atoms with Crippen LogP contribution in [-0.4, -0.2) is 68.7 Å². The van der Waals surface area contributed by atoms with E-state index < -0.39 is 11.4 Å². The highest BCUT2D eigenvalue weighted by molar-refractivity contribution is 5.75. The number of hydrogen-bond donors (Lipinski definition) is 1. The second-order valence-electron chi connectivity index (χ2n) is 13.1. The van der Waals surface area contributed by atoms with Crippen molar-refractivity contribution in [1.82, 2.24) is 19.4 Å². The van der Waals surface area contributed by atoms with Crippen molar-refractivity contribution in [3.8, 4) is 0 Å². The van der Waals surface area contributed by atoms with Crippen molar-refractivity contribution >= 4 is 17.0 Å². The number of hydrogen-bond acceptors (Lipinski definition) is 4. The van der Waals surface area contributed by atoms with E-state index in [2.05, 4.69) is 49.7 Å². The summed E-state index contributed by atoms with van der Waals surface area (Å²) >= 11 is 0. The van der Waals surface area contributed by atoms with Crippen LogP contribution in [0.5, 0.6) is 0 Å². The second-order valence-corrected chi connectivity index (χ2v) is 13.1. The minimum atomic E-state index is -0.634. The average molecular weight is 545 g/mol. The normalized spacial score (nSPS) is 30.7. The van der Waals surface area contributed by atoms with E-state index in [0.29, 0.717) is 30.6 Å². The summed E-state index contributed by atoms with van der Waals surface area (Å²) in [5.74, 6) is -0.229. The van der Waals surface area contributed by atoms with Gasteiger partial charge in [-0.05, 0) is 74.3 Å². The molecule has 2 aromatic carbocycles. The number of carboxylic acids is 1. The van der Waals surface area contributed by atoms with Gasteiger partial charge >= 0.3 is 5.97 Å². The van der Waals surface area contributed by atoms with Crippen LogP contribution in [0.3, 0.4) is 0 Å². The maximum Gasteiger partial charge on any atom is 0.310 e. The molecule has 212 valence electrons. The van der Waals surface area contributed by atoms with Gasteiger partial charge in [-0.3, -0.25) is 9.69 Å². The molecule has 5 atom stereocenters. The lowest BCUT2D eigenvalue weighted by atomic mass is 9.73. The fourth-order valence-corrected chi connectivity index (χ4v) is 8.80. The van der Waals surface area contributed by atoms with E-state index in [-0.39, 0.29) is 11.7 Å². The van der Waals surface area contributed by atoms with E-state index in [1.807, 2.05) is 12.4 Å². The Morgan fingerprint density at radius 2 is 1.75 bits per heavy atom. The topological polar surface area (TPSA) is 61.6 Å². The van der Waals surface area contributed by atoms with Crippen LogP contribution < -0.4 is 0 Å². The van der Waals surface area contributed by atoms with Crippen LogP contribution in [0.2, 0.25) is 0 Å². The monoisotopic (exact) mass is 544 g/mol. The summed E-state index contributed by atoms with van der Waals surface area (Å²) in [6, 6.07) is 17.1. The number of nitrogens with zero attached hydrogens (tertiary/aromatic N) is 4. The summed E-state index contributed by atoms with van der Waals surface area (Å²) < 4.78 is 16.8. The van der Waals surface area contributed by atoms with Gasteiger partial charge in [-0.2, -0.15) is 0 Å². The summed E-state index contributed by atoms with van der Waals surface area (Å²) in [7, 11) is 0. The van der Waals surface area contributed by atoms with Crippen molar-refractivity contribution in [3.05, 3.63) is 66.2 Å². The number of imidazole rings is 1. The molecule has 6 nitrogen and oxygen atoms in total. The molecule has 1 N–H and O–H groups in total. The van der Waals surface area contributed by atoms with E-state index in [9.17, 15) is 14.3 Å². The molecule has 4 aliphatic rings. The highest BCUT2D eigenvalue weighted by atomic mass is 19.1. The number of aromatic nitrogens is 2. The van der Waals surface area contributed by atoms with E-state index in [4.69, 9.17) is 0 Å². The molecule has 1 aromatic heterocycles. The van der Waals surface area contributed by atoms with Gasteiger partial charge in [0, 0.05) is 50.2 Å². The van der Waals surface area contributed by atoms with E-state index >= 15 is 0 Å². The quantitative estimate of drug-likeness (QED) is 0.390. The van der Waals surface area contributed by atoms with Crippen LogP contribution in [0.15, 0.2) is 54.9 Å².